The molecule has 0 aliphatic heterocycles. The maximum atomic E-state index is 13.0. The topological polar surface area (TPSA) is 86.0 Å². The Labute approximate surface area is 114 Å². The number of hydrogen-bond acceptors (Lipinski definition) is 6. The molecule has 0 bridgehead atoms. The number of aromatic nitrogens is 3. The lowest BCUT2D eigenvalue weighted by atomic mass is 10.3. The molecule has 0 spiro atoms. The van der Waals surface area contributed by atoms with Crippen LogP contribution in [0.3, 0.4) is 0 Å². The first-order valence-corrected chi connectivity index (χ1v) is 5.83. The summed E-state index contributed by atoms with van der Waals surface area (Å²) >= 11 is 0. The average Bonchev–Trinajstić information content (AvgIpc) is 2.35. The van der Waals surface area contributed by atoms with E-state index in [1.165, 1.54) is 6.33 Å². The zero-order valence-electron chi connectivity index (χ0n) is 10.7. The van der Waals surface area contributed by atoms with Gasteiger partial charge in [0.15, 0.2) is 0 Å². The monoisotopic (exact) mass is 281 g/mol. The van der Waals surface area contributed by atoms with E-state index in [0.29, 0.717) is 5.95 Å². The van der Waals surface area contributed by atoms with Gasteiger partial charge in [-0.15, -0.1) is 0 Å². The molecule has 1 unspecified atom stereocenters. The second kappa shape index (κ2) is 6.09. The Hall–Kier alpha value is -2.51. The zero-order valence-corrected chi connectivity index (χ0v) is 10.7. The van der Waals surface area contributed by atoms with E-state index in [4.69, 9.17) is 10.5 Å². The van der Waals surface area contributed by atoms with Crippen LogP contribution in [0.1, 0.15) is 6.92 Å². The minimum Gasteiger partial charge on any atom is -0.491 e. The van der Waals surface area contributed by atoms with Crippen molar-refractivity contribution in [2.45, 2.75) is 13.0 Å². The molecule has 2 aromatic rings. The van der Waals surface area contributed by atoms with Crippen molar-refractivity contribution >= 4 is 11.9 Å². The van der Waals surface area contributed by atoms with E-state index < -0.39 is 11.6 Å². The van der Waals surface area contributed by atoms with Crippen LogP contribution in [0.5, 0.6) is 5.75 Å². The average molecular weight is 281 g/mol. The summed E-state index contributed by atoms with van der Waals surface area (Å²) in [5, 5.41) is 2.93. The molecule has 1 atom stereocenters. The third-order valence-corrected chi connectivity index (χ3v) is 2.30. The molecule has 0 fully saturated rings. The molecule has 8 heteroatoms. The van der Waals surface area contributed by atoms with Gasteiger partial charge in [0.05, 0.1) is 6.04 Å². The van der Waals surface area contributed by atoms with Crippen LogP contribution in [0.4, 0.5) is 20.7 Å². The molecule has 1 aromatic heterocycles. The zero-order chi connectivity index (χ0) is 14.5. The molecule has 1 aromatic carbocycles. The van der Waals surface area contributed by atoms with Crippen LogP contribution in [0.15, 0.2) is 24.5 Å². The lowest BCUT2D eigenvalue weighted by molar-refractivity contribution is 0.300. The lowest BCUT2D eigenvalue weighted by Gasteiger charge is -2.14. The summed E-state index contributed by atoms with van der Waals surface area (Å²) in [5.41, 5.74) is 5.42. The van der Waals surface area contributed by atoms with Crippen LogP contribution in [0.2, 0.25) is 0 Å². The standard InChI is InChI=1S/C12H13F2N5O/c1-7(18-12-17-6-16-11(15)19-12)5-20-10-3-8(13)2-9(14)4-10/h2-4,6-7H,5H2,1H3,(H3,15,16,17,18,19). The second-order valence-electron chi connectivity index (χ2n) is 4.13. The number of halogens is 2. The summed E-state index contributed by atoms with van der Waals surface area (Å²) in [6, 6.07) is 2.80. The predicted molar refractivity (Wildman–Crippen MR) is 69.2 cm³/mol. The minimum absolute atomic E-state index is 0.0998. The SMILES string of the molecule is CC(COc1cc(F)cc(F)c1)Nc1ncnc(N)n1. The molecule has 2 rings (SSSR count). The molecule has 6 nitrogen and oxygen atoms in total. The van der Waals surface area contributed by atoms with Crippen molar-refractivity contribution in [3.05, 3.63) is 36.2 Å². The van der Waals surface area contributed by atoms with Crippen molar-refractivity contribution < 1.29 is 13.5 Å². The van der Waals surface area contributed by atoms with Crippen LogP contribution < -0.4 is 15.8 Å². The summed E-state index contributed by atoms with van der Waals surface area (Å²) < 4.78 is 31.2. The number of nitrogens with one attached hydrogen (secondary N) is 1. The Bertz CT molecular complexity index is 576. The number of rotatable bonds is 5. The van der Waals surface area contributed by atoms with Crippen molar-refractivity contribution in [2.75, 3.05) is 17.7 Å². The number of ether oxygens (including phenoxy) is 1. The van der Waals surface area contributed by atoms with Crippen molar-refractivity contribution in [3.63, 3.8) is 0 Å². The second-order valence-corrected chi connectivity index (χ2v) is 4.13. The molecule has 0 amide bonds. The number of nitrogens with zero attached hydrogens (tertiary/aromatic N) is 3. The minimum atomic E-state index is -0.689. The molecular formula is C12H13F2N5O. The Kier molecular flexibility index (Phi) is 4.24. The molecule has 3 N–H and O–H groups in total. The molecule has 1 heterocycles. The van der Waals surface area contributed by atoms with Crippen LogP contribution >= 0.6 is 0 Å². The highest BCUT2D eigenvalue weighted by molar-refractivity contribution is 5.30. The first kappa shape index (κ1) is 13.9. The largest absolute Gasteiger partial charge is 0.491 e. The maximum absolute atomic E-state index is 13.0. The van der Waals surface area contributed by atoms with E-state index in [9.17, 15) is 8.78 Å². The van der Waals surface area contributed by atoms with Gasteiger partial charge in [-0.3, -0.25) is 0 Å². The summed E-state index contributed by atoms with van der Waals surface area (Å²) in [4.78, 5) is 11.4. The lowest BCUT2D eigenvalue weighted by Crippen LogP contribution is -2.25. The van der Waals surface area contributed by atoms with Gasteiger partial charge in [-0.1, -0.05) is 0 Å². The van der Waals surface area contributed by atoms with Crippen molar-refractivity contribution in [1.29, 1.82) is 0 Å². The normalized spacial score (nSPS) is 11.9. The van der Waals surface area contributed by atoms with Gasteiger partial charge in [0, 0.05) is 18.2 Å². The van der Waals surface area contributed by atoms with E-state index in [1.807, 2.05) is 0 Å². The third-order valence-electron chi connectivity index (χ3n) is 2.30. The fourth-order valence-corrected chi connectivity index (χ4v) is 1.47. The summed E-state index contributed by atoms with van der Waals surface area (Å²) in [7, 11) is 0. The number of anilines is 2. The third kappa shape index (κ3) is 4.01. The summed E-state index contributed by atoms with van der Waals surface area (Å²) in [6.07, 6.45) is 1.28. The van der Waals surface area contributed by atoms with Crippen molar-refractivity contribution in [1.82, 2.24) is 15.0 Å². The molecular weight excluding hydrogens is 268 g/mol. The molecule has 0 saturated carbocycles. The molecule has 106 valence electrons. The Morgan fingerprint density at radius 3 is 2.60 bits per heavy atom. The van der Waals surface area contributed by atoms with Gasteiger partial charge in [-0.25, -0.2) is 18.7 Å². The van der Waals surface area contributed by atoms with Gasteiger partial charge in [0.2, 0.25) is 11.9 Å². The summed E-state index contributed by atoms with van der Waals surface area (Å²) in [6.45, 7) is 1.98. The quantitative estimate of drug-likeness (QED) is 0.866. The first-order chi connectivity index (χ1) is 9.52. The van der Waals surface area contributed by atoms with Gasteiger partial charge in [0.1, 0.15) is 30.3 Å². The number of hydrogen-bond donors (Lipinski definition) is 2. The van der Waals surface area contributed by atoms with E-state index in [1.54, 1.807) is 6.92 Å². The molecule has 0 aliphatic rings. The van der Waals surface area contributed by atoms with Gasteiger partial charge in [-0.2, -0.15) is 4.98 Å². The number of benzene rings is 1. The molecule has 20 heavy (non-hydrogen) atoms. The molecule has 0 aliphatic carbocycles. The highest BCUT2D eigenvalue weighted by atomic mass is 19.1. The van der Waals surface area contributed by atoms with Gasteiger partial charge in [0.25, 0.3) is 0 Å². The van der Waals surface area contributed by atoms with Gasteiger partial charge in [-0.05, 0) is 6.92 Å². The van der Waals surface area contributed by atoms with Gasteiger partial charge < -0.3 is 15.8 Å². The highest BCUT2D eigenvalue weighted by Gasteiger charge is 2.07. The van der Waals surface area contributed by atoms with Crippen molar-refractivity contribution in [3.8, 4) is 5.75 Å². The Balaban J connectivity index is 1.90. The smallest absolute Gasteiger partial charge is 0.227 e. The number of nitrogen functional groups attached to an aromatic ring is 1. The fraction of sp³-hybridized carbons (Fsp3) is 0.250. The van der Waals surface area contributed by atoms with Crippen LogP contribution in [0, 0.1) is 11.6 Å². The van der Waals surface area contributed by atoms with Gasteiger partial charge >= 0.3 is 0 Å². The van der Waals surface area contributed by atoms with Crippen LogP contribution in [0.25, 0.3) is 0 Å². The van der Waals surface area contributed by atoms with Crippen LogP contribution in [-0.4, -0.2) is 27.6 Å². The van der Waals surface area contributed by atoms with E-state index in [2.05, 4.69) is 20.3 Å². The van der Waals surface area contributed by atoms with Crippen molar-refractivity contribution in [2.24, 2.45) is 0 Å². The maximum Gasteiger partial charge on any atom is 0.227 e. The fourth-order valence-electron chi connectivity index (χ4n) is 1.47. The first-order valence-electron chi connectivity index (χ1n) is 5.83. The molecule has 0 saturated heterocycles. The molecule has 0 radical (unpaired) electrons. The van der Waals surface area contributed by atoms with Crippen LogP contribution in [-0.2, 0) is 0 Å². The van der Waals surface area contributed by atoms with E-state index in [0.717, 1.165) is 18.2 Å². The van der Waals surface area contributed by atoms with E-state index in [-0.39, 0.29) is 24.3 Å². The Morgan fingerprint density at radius 2 is 1.95 bits per heavy atom. The predicted octanol–water partition coefficient (Wildman–Crippen LogP) is 1.61. The summed E-state index contributed by atoms with van der Waals surface area (Å²) in [5.74, 6) is -0.857. The number of nitrogens with two attached hydrogens (primary N) is 1. The Morgan fingerprint density at radius 1 is 1.25 bits per heavy atom. The van der Waals surface area contributed by atoms with E-state index >= 15 is 0 Å². The highest BCUT2D eigenvalue weighted by Crippen LogP contribution is 2.15.